The fraction of sp³-hybridized carbons (Fsp3) is 0.714. The molecule has 6 heteroatoms. The van der Waals surface area contributed by atoms with Crippen LogP contribution in [0, 0.1) is 0 Å². The summed E-state index contributed by atoms with van der Waals surface area (Å²) in [7, 11) is 1.21. The van der Waals surface area contributed by atoms with E-state index < -0.39 is 24.1 Å². The molecule has 13 heavy (non-hydrogen) atoms. The summed E-state index contributed by atoms with van der Waals surface area (Å²) in [6.45, 7) is 0.0975. The second-order valence-electron chi connectivity index (χ2n) is 2.93. The van der Waals surface area contributed by atoms with Gasteiger partial charge in [-0.25, -0.2) is 4.79 Å². The lowest BCUT2D eigenvalue weighted by atomic mass is 10.2. The largest absolute Gasteiger partial charge is 0.453 e. The summed E-state index contributed by atoms with van der Waals surface area (Å²) in [6.07, 6.45) is -1.15. The molecular formula is C7H12N2O4. The molecule has 0 saturated carbocycles. The Bertz CT molecular complexity index is 231. The fourth-order valence-electron chi connectivity index (χ4n) is 1.40. The zero-order valence-corrected chi connectivity index (χ0v) is 7.27. The number of aliphatic hydroxyl groups excluding tert-OH is 1. The number of hydrogen-bond acceptors (Lipinski definition) is 4. The highest BCUT2D eigenvalue weighted by Gasteiger charge is 2.38. The van der Waals surface area contributed by atoms with Gasteiger partial charge in [0.1, 0.15) is 6.04 Å². The van der Waals surface area contributed by atoms with Crippen LogP contribution in [-0.4, -0.2) is 47.8 Å². The summed E-state index contributed by atoms with van der Waals surface area (Å²) in [5, 5.41) is 9.21. The van der Waals surface area contributed by atoms with Crippen LogP contribution in [0.1, 0.15) is 6.42 Å². The minimum atomic E-state index is -0.748. The van der Waals surface area contributed by atoms with E-state index in [9.17, 15) is 14.7 Å². The van der Waals surface area contributed by atoms with Crippen molar-refractivity contribution >= 4 is 12.0 Å². The second kappa shape index (κ2) is 3.61. The number of amides is 2. The maximum absolute atomic E-state index is 11.1. The number of β-amino-alcohol motifs (C(OH)–C–C–N with tert-alkyl or cyclic N) is 1. The number of primary amides is 1. The zero-order valence-electron chi connectivity index (χ0n) is 7.27. The van der Waals surface area contributed by atoms with Crippen LogP contribution in [0.5, 0.6) is 0 Å². The first-order valence-electron chi connectivity index (χ1n) is 3.88. The third kappa shape index (κ3) is 1.89. The van der Waals surface area contributed by atoms with Crippen molar-refractivity contribution in [3.8, 4) is 0 Å². The molecule has 2 amide bonds. The van der Waals surface area contributed by atoms with Gasteiger partial charge in [-0.2, -0.15) is 0 Å². The van der Waals surface area contributed by atoms with Gasteiger partial charge in [0.05, 0.1) is 19.8 Å². The Balaban J connectivity index is 2.71. The van der Waals surface area contributed by atoms with E-state index in [4.69, 9.17) is 5.73 Å². The van der Waals surface area contributed by atoms with Gasteiger partial charge in [-0.1, -0.05) is 0 Å². The van der Waals surface area contributed by atoms with E-state index in [1.807, 2.05) is 0 Å². The minimum Gasteiger partial charge on any atom is -0.453 e. The van der Waals surface area contributed by atoms with Gasteiger partial charge in [-0.05, 0) is 0 Å². The van der Waals surface area contributed by atoms with Gasteiger partial charge in [0, 0.05) is 6.42 Å². The highest BCUT2D eigenvalue weighted by molar-refractivity contribution is 5.84. The molecule has 0 aromatic carbocycles. The number of likely N-dealkylation sites (tertiary alicyclic amines) is 1. The number of ether oxygens (including phenoxy) is 1. The molecule has 1 heterocycles. The number of hydrogen-bond donors (Lipinski definition) is 2. The molecule has 0 bridgehead atoms. The third-order valence-electron chi connectivity index (χ3n) is 2.02. The molecule has 1 aliphatic rings. The molecule has 2 unspecified atom stereocenters. The molecule has 1 rings (SSSR count). The average Bonchev–Trinajstić information content (AvgIpc) is 2.46. The highest BCUT2D eigenvalue weighted by Crippen LogP contribution is 2.18. The van der Waals surface area contributed by atoms with Crippen LogP contribution in [0.2, 0.25) is 0 Å². The van der Waals surface area contributed by atoms with Crippen LogP contribution >= 0.6 is 0 Å². The van der Waals surface area contributed by atoms with E-state index in [-0.39, 0.29) is 13.0 Å². The standard InChI is InChI=1S/C7H12N2O4/c1-13-7(12)9-3-4(10)2-5(9)6(8)11/h4-5,10H,2-3H2,1H3,(H2,8,11). The Morgan fingerprint density at radius 2 is 2.23 bits per heavy atom. The van der Waals surface area contributed by atoms with Crippen LogP contribution in [0.15, 0.2) is 0 Å². The molecule has 3 N–H and O–H groups in total. The number of carbonyl (C=O) groups excluding carboxylic acids is 2. The van der Waals surface area contributed by atoms with Crippen LogP contribution < -0.4 is 5.73 Å². The van der Waals surface area contributed by atoms with Gasteiger partial charge in [-0.3, -0.25) is 9.69 Å². The fourth-order valence-corrected chi connectivity index (χ4v) is 1.40. The number of rotatable bonds is 1. The second-order valence-corrected chi connectivity index (χ2v) is 2.93. The van der Waals surface area contributed by atoms with Crippen LogP contribution in [0.25, 0.3) is 0 Å². The Labute approximate surface area is 75.3 Å². The number of aliphatic hydroxyl groups is 1. The predicted octanol–water partition coefficient (Wildman–Crippen LogP) is -1.33. The van der Waals surface area contributed by atoms with Gasteiger partial charge in [0.25, 0.3) is 0 Å². The van der Waals surface area contributed by atoms with E-state index in [2.05, 4.69) is 4.74 Å². The SMILES string of the molecule is COC(=O)N1CC(O)CC1C(N)=O. The van der Waals surface area contributed by atoms with Crippen molar-refractivity contribution in [2.45, 2.75) is 18.6 Å². The highest BCUT2D eigenvalue weighted by atomic mass is 16.5. The number of nitrogens with two attached hydrogens (primary N) is 1. The van der Waals surface area contributed by atoms with Gasteiger partial charge in [-0.15, -0.1) is 0 Å². The van der Waals surface area contributed by atoms with Crippen molar-refractivity contribution in [2.75, 3.05) is 13.7 Å². The molecule has 0 aromatic rings. The molecule has 0 aliphatic carbocycles. The molecule has 0 radical (unpaired) electrons. The summed E-state index contributed by atoms with van der Waals surface area (Å²) in [5.41, 5.74) is 5.04. The molecule has 0 spiro atoms. The van der Waals surface area contributed by atoms with E-state index in [1.165, 1.54) is 7.11 Å². The summed E-state index contributed by atoms with van der Waals surface area (Å²) >= 11 is 0. The first kappa shape index (κ1) is 9.79. The molecule has 0 aromatic heterocycles. The maximum Gasteiger partial charge on any atom is 0.410 e. The molecule has 2 atom stereocenters. The Kier molecular flexibility index (Phi) is 2.72. The van der Waals surface area contributed by atoms with E-state index in [1.54, 1.807) is 0 Å². The normalized spacial score (nSPS) is 27.4. The first-order valence-corrected chi connectivity index (χ1v) is 3.88. The van der Waals surface area contributed by atoms with Crippen molar-refractivity contribution in [1.29, 1.82) is 0 Å². The van der Waals surface area contributed by atoms with Gasteiger partial charge in [0.2, 0.25) is 5.91 Å². The third-order valence-corrected chi connectivity index (χ3v) is 2.02. The lowest BCUT2D eigenvalue weighted by Crippen LogP contribution is -2.43. The number of nitrogens with zero attached hydrogens (tertiary/aromatic N) is 1. The lowest BCUT2D eigenvalue weighted by Gasteiger charge is -2.19. The van der Waals surface area contributed by atoms with Crippen LogP contribution in [0.4, 0.5) is 4.79 Å². The Morgan fingerprint density at radius 3 is 2.69 bits per heavy atom. The Morgan fingerprint density at radius 1 is 1.62 bits per heavy atom. The molecule has 6 nitrogen and oxygen atoms in total. The zero-order chi connectivity index (χ0) is 10.0. The quantitative estimate of drug-likeness (QED) is 0.533. The first-order chi connectivity index (χ1) is 6.06. The van der Waals surface area contributed by atoms with Crippen molar-refractivity contribution in [1.82, 2.24) is 4.90 Å². The Hall–Kier alpha value is -1.30. The van der Waals surface area contributed by atoms with E-state index in [0.717, 1.165) is 4.90 Å². The van der Waals surface area contributed by atoms with Crippen molar-refractivity contribution in [3.05, 3.63) is 0 Å². The van der Waals surface area contributed by atoms with E-state index in [0.29, 0.717) is 0 Å². The molecule has 1 aliphatic heterocycles. The molecular weight excluding hydrogens is 176 g/mol. The topological polar surface area (TPSA) is 92.9 Å². The number of methoxy groups -OCH3 is 1. The van der Waals surface area contributed by atoms with Crippen molar-refractivity contribution in [3.63, 3.8) is 0 Å². The van der Waals surface area contributed by atoms with Gasteiger partial charge >= 0.3 is 6.09 Å². The summed E-state index contributed by atoms with van der Waals surface area (Å²) in [5.74, 6) is -0.623. The average molecular weight is 188 g/mol. The lowest BCUT2D eigenvalue weighted by molar-refractivity contribution is -0.121. The summed E-state index contributed by atoms with van der Waals surface area (Å²) < 4.78 is 4.43. The summed E-state index contributed by atoms with van der Waals surface area (Å²) in [4.78, 5) is 23.0. The minimum absolute atomic E-state index is 0.0975. The maximum atomic E-state index is 11.1. The summed E-state index contributed by atoms with van der Waals surface area (Å²) in [6, 6.07) is -0.748. The van der Waals surface area contributed by atoms with Crippen molar-refractivity contribution < 1.29 is 19.4 Å². The van der Waals surface area contributed by atoms with Crippen LogP contribution in [0.3, 0.4) is 0 Å². The number of carbonyl (C=O) groups is 2. The van der Waals surface area contributed by atoms with Gasteiger partial charge < -0.3 is 15.6 Å². The molecule has 1 fully saturated rings. The van der Waals surface area contributed by atoms with Crippen molar-refractivity contribution in [2.24, 2.45) is 5.73 Å². The van der Waals surface area contributed by atoms with Crippen LogP contribution in [-0.2, 0) is 9.53 Å². The van der Waals surface area contributed by atoms with Gasteiger partial charge in [0.15, 0.2) is 0 Å². The molecule has 74 valence electrons. The predicted molar refractivity (Wildman–Crippen MR) is 42.7 cm³/mol. The smallest absolute Gasteiger partial charge is 0.410 e. The monoisotopic (exact) mass is 188 g/mol. The molecule has 1 saturated heterocycles. The van der Waals surface area contributed by atoms with E-state index >= 15 is 0 Å².